The molecule has 0 bridgehead atoms. The lowest BCUT2D eigenvalue weighted by molar-refractivity contribution is 0.174. The van der Waals surface area contributed by atoms with Crippen LogP contribution in [0, 0.1) is 6.92 Å². The molecule has 140 valence electrons. The summed E-state index contributed by atoms with van der Waals surface area (Å²) in [6.45, 7) is 4.44. The normalized spacial score (nSPS) is 12.6. The van der Waals surface area contributed by atoms with Crippen molar-refractivity contribution in [2.45, 2.75) is 20.4 Å². The third-order valence-electron chi connectivity index (χ3n) is 4.73. The monoisotopic (exact) mass is 376 g/mol. The van der Waals surface area contributed by atoms with E-state index in [-0.39, 0.29) is 12.4 Å². The molecule has 0 amide bonds. The lowest BCUT2D eigenvalue weighted by atomic mass is 10.1. The summed E-state index contributed by atoms with van der Waals surface area (Å²) < 4.78 is 17.9. The van der Waals surface area contributed by atoms with E-state index in [0.29, 0.717) is 41.0 Å². The van der Waals surface area contributed by atoms with E-state index in [1.807, 2.05) is 43.3 Å². The molecule has 0 saturated heterocycles. The van der Waals surface area contributed by atoms with E-state index in [4.69, 9.17) is 14.0 Å². The molecule has 0 unspecified atom stereocenters. The van der Waals surface area contributed by atoms with Gasteiger partial charge in [0, 0.05) is 17.7 Å². The zero-order valence-corrected chi connectivity index (χ0v) is 15.3. The molecule has 2 aromatic carbocycles. The zero-order valence-electron chi connectivity index (χ0n) is 15.3. The fraction of sp³-hybridized carbons (Fsp3) is 0.200. The number of fused-ring (bicyclic) bond motifs is 2. The van der Waals surface area contributed by atoms with E-state index < -0.39 is 0 Å². The number of aryl methyl sites for hydroxylation is 2. The molecule has 1 aliphatic rings. The molecular formula is C20H16N4O4. The van der Waals surface area contributed by atoms with Crippen LogP contribution in [0.3, 0.4) is 0 Å². The van der Waals surface area contributed by atoms with Gasteiger partial charge in [0.2, 0.25) is 12.6 Å². The van der Waals surface area contributed by atoms with Crippen molar-refractivity contribution in [3.05, 3.63) is 52.4 Å². The van der Waals surface area contributed by atoms with Gasteiger partial charge in [-0.15, -0.1) is 0 Å². The van der Waals surface area contributed by atoms with Crippen LogP contribution in [0.25, 0.3) is 33.9 Å². The zero-order chi connectivity index (χ0) is 19.3. The Bertz CT molecular complexity index is 1280. The van der Waals surface area contributed by atoms with E-state index in [2.05, 4.69) is 15.1 Å². The van der Waals surface area contributed by atoms with Crippen LogP contribution in [-0.4, -0.2) is 26.5 Å². The SMILES string of the molecule is CCn1c(=O)c(C)nc2cc(-c3noc(-c4ccc5c(c4)OCO5)n3)ccc21. The number of nitrogens with zero attached hydrogens (tertiary/aromatic N) is 4. The molecule has 8 nitrogen and oxygen atoms in total. The summed E-state index contributed by atoms with van der Waals surface area (Å²) >= 11 is 0. The average molecular weight is 376 g/mol. The van der Waals surface area contributed by atoms with Crippen LogP contribution in [0.4, 0.5) is 0 Å². The van der Waals surface area contributed by atoms with Gasteiger partial charge in [-0.2, -0.15) is 4.98 Å². The minimum atomic E-state index is -0.0765. The van der Waals surface area contributed by atoms with Crippen LogP contribution in [0.2, 0.25) is 0 Å². The fourth-order valence-electron chi connectivity index (χ4n) is 3.32. The predicted octanol–water partition coefficient (Wildman–Crippen LogP) is 3.17. The molecule has 0 spiro atoms. The van der Waals surface area contributed by atoms with Gasteiger partial charge in [0.05, 0.1) is 11.0 Å². The number of hydrogen-bond donors (Lipinski definition) is 0. The largest absolute Gasteiger partial charge is 0.454 e. The third kappa shape index (κ3) is 2.53. The van der Waals surface area contributed by atoms with Crippen LogP contribution in [-0.2, 0) is 6.54 Å². The molecule has 2 aromatic heterocycles. The van der Waals surface area contributed by atoms with Gasteiger partial charge < -0.3 is 18.6 Å². The van der Waals surface area contributed by atoms with Gasteiger partial charge >= 0.3 is 0 Å². The molecule has 0 aliphatic carbocycles. The first-order chi connectivity index (χ1) is 13.6. The summed E-state index contributed by atoms with van der Waals surface area (Å²) in [5.41, 5.74) is 3.38. The number of ether oxygens (including phenoxy) is 2. The molecule has 0 saturated carbocycles. The molecule has 1 aliphatic heterocycles. The molecule has 3 heterocycles. The van der Waals surface area contributed by atoms with Gasteiger partial charge in [-0.25, -0.2) is 4.98 Å². The molecule has 28 heavy (non-hydrogen) atoms. The second-order valence-electron chi connectivity index (χ2n) is 6.44. The van der Waals surface area contributed by atoms with Gasteiger partial charge in [0.15, 0.2) is 11.5 Å². The Kier molecular flexibility index (Phi) is 3.65. The Labute approximate surface area is 159 Å². The maximum atomic E-state index is 12.3. The number of benzene rings is 2. The van der Waals surface area contributed by atoms with Crippen molar-refractivity contribution in [2.75, 3.05) is 6.79 Å². The Morgan fingerprint density at radius 2 is 1.86 bits per heavy atom. The molecule has 0 radical (unpaired) electrons. The highest BCUT2D eigenvalue weighted by molar-refractivity contribution is 5.80. The lowest BCUT2D eigenvalue weighted by Crippen LogP contribution is -2.23. The van der Waals surface area contributed by atoms with Crippen LogP contribution in [0.1, 0.15) is 12.6 Å². The Hall–Kier alpha value is -3.68. The molecule has 4 aromatic rings. The minimum Gasteiger partial charge on any atom is -0.454 e. The first-order valence-electron chi connectivity index (χ1n) is 8.89. The topological polar surface area (TPSA) is 92.3 Å². The van der Waals surface area contributed by atoms with Crippen molar-refractivity contribution in [2.24, 2.45) is 0 Å². The maximum absolute atomic E-state index is 12.3. The third-order valence-corrected chi connectivity index (χ3v) is 4.73. The fourth-order valence-corrected chi connectivity index (χ4v) is 3.32. The minimum absolute atomic E-state index is 0.0765. The second kappa shape index (κ2) is 6.19. The van der Waals surface area contributed by atoms with Gasteiger partial charge in [-0.1, -0.05) is 5.16 Å². The standard InChI is InChI=1S/C20H16N4O4/c1-3-24-15-6-4-12(8-14(15)21-11(2)20(24)25)18-22-19(28-23-18)13-5-7-16-17(9-13)27-10-26-16/h4-9H,3,10H2,1-2H3. The molecule has 0 fully saturated rings. The number of aromatic nitrogens is 4. The van der Waals surface area contributed by atoms with Gasteiger partial charge in [0.25, 0.3) is 11.4 Å². The first-order valence-corrected chi connectivity index (χ1v) is 8.89. The average Bonchev–Trinajstić information content (AvgIpc) is 3.37. The van der Waals surface area contributed by atoms with Gasteiger partial charge in [-0.05, 0) is 50.2 Å². The first kappa shape index (κ1) is 16.5. The lowest BCUT2D eigenvalue weighted by Gasteiger charge is -2.09. The number of hydrogen-bond acceptors (Lipinski definition) is 7. The molecule has 0 N–H and O–H groups in total. The quantitative estimate of drug-likeness (QED) is 0.542. The van der Waals surface area contributed by atoms with Crippen molar-refractivity contribution >= 4 is 11.0 Å². The van der Waals surface area contributed by atoms with Gasteiger partial charge in [-0.3, -0.25) is 4.79 Å². The van der Waals surface area contributed by atoms with Crippen LogP contribution < -0.4 is 15.0 Å². The smallest absolute Gasteiger partial charge is 0.272 e. The maximum Gasteiger partial charge on any atom is 0.272 e. The van der Waals surface area contributed by atoms with Crippen molar-refractivity contribution in [3.63, 3.8) is 0 Å². The van der Waals surface area contributed by atoms with Gasteiger partial charge in [0.1, 0.15) is 5.69 Å². The van der Waals surface area contributed by atoms with E-state index in [1.165, 1.54) is 0 Å². The summed E-state index contributed by atoms with van der Waals surface area (Å²) in [6, 6.07) is 11.1. The summed E-state index contributed by atoms with van der Waals surface area (Å²) in [5, 5.41) is 4.09. The Morgan fingerprint density at radius 1 is 1.04 bits per heavy atom. The highest BCUT2D eigenvalue weighted by atomic mass is 16.7. The highest BCUT2D eigenvalue weighted by Gasteiger charge is 2.18. The highest BCUT2D eigenvalue weighted by Crippen LogP contribution is 2.35. The van der Waals surface area contributed by atoms with Crippen molar-refractivity contribution in [1.82, 2.24) is 19.7 Å². The van der Waals surface area contributed by atoms with Crippen LogP contribution in [0.5, 0.6) is 11.5 Å². The summed E-state index contributed by atoms with van der Waals surface area (Å²) in [6.07, 6.45) is 0. The summed E-state index contributed by atoms with van der Waals surface area (Å²) in [4.78, 5) is 21.2. The van der Waals surface area contributed by atoms with E-state index >= 15 is 0 Å². The summed E-state index contributed by atoms with van der Waals surface area (Å²) in [5.74, 6) is 2.18. The van der Waals surface area contributed by atoms with E-state index in [1.54, 1.807) is 11.5 Å². The van der Waals surface area contributed by atoms with Crippen LogP contribution >= 0.6 is 0 Å². The number of rotatable bonds is 3. The van der Waals surface area contributed by atoms with Crippen molar-refractivity contribution in [3.8, 4) is 34.3 Å². The molecular weight excluding hydrogens is 360 g/mol. The Balaban J connectivity index is 1.56. The van der Waals surface area contributed by atoms with E-state index in [9.17, 15) is 4.79 Å². The molecule has 0 atom stereocenters. The van der Waals surface area contributed by atoms with E-state index in [0.717, 1.165) is 16.6 Å². The summed E-state index contributed by atoms with van der Waals surface area (Å²) in [7, 11) is 0. The van der Waals surface area contributed by atoms with Crippen molar-refractivity contribution < 1.29 is 14.0 Å². The molecule has 8 heteroatoms. The molecule has 5 rings (SSSR count). The second-order valence-corrected chi connectivity index (χ2v) is 6.44. The predicted molar refractivity (Wildman–Crippen MR) is 101 cm³/mol. The van der Waals surface area contributed by atoms with Crippen molar-refractivity contribution in [1.29, 1.82) is 0 Å². The Morgan fingerprint density at radius 3 is 2.71 bits per heavy atom. The van der Waals surface area contributed by atoms with Crippen LogP contribution in [0.15, 0.2) is 45.7 Å².